The molecule has 0 rings (SSSR count). The molecule has 0 amide bonds. The molecule has 0 heterocycles. The largest absolute Gasteiger partial charge is 0.481 e. The van der Waals surface area contributed by atoms with Crippen molar-refractivity contribution >= 4 is 5.97 Å². The zero-order valence-corrected chi connectivity index (χ0v) is 9.50. The number of hydrogen-bond acceptors (Lipinski definition) is 5. The molecule has 6 heteroatoms. The van der Waals surface area contributed by atoms with Crippen molar-refractivity contribution in [3.05, 3.63) is 0 Å². The third kappa shape index (κ3) is 4.57. The molecule has 5 N–H and O–H groups in total. The first kappa shape index (κ1) is 14.3. The lowest BCUT2D eigenvalue weighted by molar-refractivity contribution is -0.139. The number of carboxylic acids is 1. The second-order valence-electron chi connectivity index (χ2n) is 3.52. The maximum Gasteiger partial charge on any atom is 0.306 e. The second-order valence-corrected chi connectivity index (χ2v) is 3.52. The fourth-order valence-corrected chi connectivity index (χ4v) is 1.51. The van der Waals surface area contributed by atoms with Crippen LogP contribution in [0.2, 0.25) is 0 Å². The van der Waals surface area contributed by atoms with Gasteiger partial charge in [-0.25, -0.2) is 0 Å². The molecule has 6 nitrogen and oxygen atoms in total. The van der Waals surface area contributed by atoms with E-state index >= 15 is 0 Å². The lowest BCUT2D eigenvalue weighted by Gasteiger charge is -2.34. The van der Waals surface area contributed by atoms with Gasteiger partial charge in [0.25, 0.3) is 0 Å². The Hall–Kier alpha value is -0.690. The Kier molecular flexibility index (Phi) is 6.42. The number of rotatable bonds is 8. The molecule has 0 aliphatic rings. The summed E-state index contributed by atoms with van der Waals surface area (Å²) < 4.78 is 0. The van der Waals surface area contributed by atoms with E-state index in [0.717, 1.165) is 0 Å². The smallest absolute Gasteiger partial charge is 0.306 e. The molecular weight excluding hydrogens is 198 g/mol. The fraction of sp³-hybridized carbons (Fsp3) is 0.889. The highest BCUT2D eigenvalue weighted by molar-refractivity contribution is 5.68. The molecule has 0 fully saturated rings. The third-order valence-corrected chi connectivity index (χ3v) is 2.63. The molecule has 0 saturated heterocycles. The lowest BCUT2D eigenvalue weighted by Crippen LogP contribution is -2.58. The van der Waals surface area contributed by atoms with Crippen molar-refractivity contribution in [2.75, 3.05) is 27.7 Å². The van der Waals surface area contributed by atoms with E-state index in [1.54, 1.807) is 21.1 Å². The summed E-state index contributed by atoms with van der Waals surface area (Å²) in [7, 11) is 5.13. The Balaban J connectivity index is 4.53. The van der Waals surface area contributed by atoms with Gasteiger partial charge in [0.1, 0.15) is 0 Å². The van der Waals surface area contributed by atoms with Gasteiger partial charge in [0, 0.05) is 6.04 Å². The van der Waals surface area contributed by atoms with Crippen LogP contribution in [0.15, 0.2) is 0 Å². The standard InChI is InChI=1S/C9H21N3O3/c1-10-7(6-13)4-9(11-2,12-3)5-8(14)15/h7,10-13H,4-6H2,1-3H3,(H,14,15). The Bertz CT molecular complexity index is 191. The summed E-state index contributed by atoms with van der Waals surface area (Å²) in [5.41, 5.74) is -0.692. The van der Waals surface area contributed by atoms with Gasteiger partial charge in [-0.15, -0.1) is 0 Å². The van der Waals surface area contributed by atoms with E-state index < -0.39 is 11.6 Å². The van der Waals surface area contributed by atoms with Crippen LogP contribution >= 0.6 is 0 Å². The number of aliphatic carboxylic acids is 1. The summed E-state index contributed by atoms with van der Waals surface area (Å²) in [4.78, 5) is 10.7. The van der Waals surface area contributed by atoms with Gasteiger partial charge < -0.3 is 26.2 Å². The molecule has 0 aromatic carbocycles. The van der Waals surface area contributed by atoms with Crippen molar-refractivity contribution < 1.29 is 15.0 Å². The van der Waals surface area contributed by atoms with Gasteiger partial charge in [-0.1, -0.05) is 0 Å². The first-order valence-electron chi connectivity index (χ1n) is 4.91. The molecule has 0 saturated carbocycles. The van der Waals surface area contributed by atoms with Crippen molar-refractivity contribution in [3.63, 3.8) is 0 Å². The average Bonchev–Trinajstić information content (AvgIpc) is 2.23. The van der Waals surface area contributed by atoms with E-state index in [0.29, 0.717) is 6.42 Å². The normalized spacial score (nSPS) is 13.9. The van der Waals surface area contributed by atoms with Gasteiger partial charge in [-0.3, -0.25) is 4.79 Å². The molecule has 1 atom stereocenters. The van der Waals surface area contributed by atoms with E-state index in [4.69, 9.17) is 10.2 Å². The third-order valence-electron chi connectivity index (χ3n) is 2.63. The number of nitrogens with one attached hydrogen (secondary N) is 3. The van der Waals surface area contributed by atoms with Crippen molar-refractivity contribution in [3.8, 4) is 0 Å². The molecule has 90 valence electrons. The maximum atomic E-state index is 10.7. The van der Waals surface area contributed by atoms with Crippen LogP contribution in [0.4, 0.5) is 0 Å². The van der Waals surface area contributed by atoms with E-state index in [9.17, 15) is 4.79 Å². The molecule has 1 unspecified atom stereocenters. The Morgan fingerprint density at radius 1 is 1.33 bits per heavy atom. The number of carboxylic acid groups (broad SMARTS) is 1. The zero-order valence-electron chi connectivity index (χ0n) is 9.50. The van der Waals surface area contributed by atoms with Crippen molar-refractivity contribution in [1.29, 1.82) is 0 Å². The summed E-state index contributed by atoms with van der Waals surface area (Å²) in [6.07, 6.45) is 0.442. The SMILES string of the molecule is CNC(CO)CC(CC(=O)O)(NC)NC. The monoisotopic (exact) mass is 219 g/mol. The summed E-state index contributed by atoms with van der Waals surface area (Å²) in [6, 6.07) is -0.135. The Labute approximate surface area is 90.1 Å². The van der Waals surface area contributed by atoms with Crippen molar-refractivity contribution in [1.82, 2.24) is 16.0 Å². The summed E-state index contributed by atoms with van der Waals surface area (Å²) >= 11 is 0. The number of aliphatic hydroxyl groups excluding tert-OH is 1. The molecule has 0 aliphatic carbocycles. The minimum atomic E-state index is -0.883. The molecule has 0 aliphatic heterocycles. The highest BCUT2D eigenvalue weighted by atomic mass is 16.4. The van der Waals surface area contributed by atoms with Crippen LogP contribution in [0.3, 0.4) is 0 Å². The predicted octanol–water partition coefficient (Wildman–Crippen LogP) is -1.43. The van der Waals surface area contributed by atoms with Crippen LogP contribution < -0.4 is 16.0 Å². The second kappa shape index (κ2) is 6.73. The van der Waals surface area contributed by atoms with Crippen LogP contribution in [0, 0.1) is 0 Å². The van der Waals surface area contributed by atoms with Crippen LogP contribution in [0.5, 0.6) is 0 Å². The minimum Gasteiger partial charge on any atom is -0.481 e. The van der Waals surface area contributed by atoms with E-state index in [1.807, 2.05) is 0 Å². The molecule has 0 radical (unpaired) electrons. The van der Waals surface area contributed by atoms with Gasteiger partial charge in [0.2, 0.25) is 0 Å². The van der Waals surface area contributed by atoms with Crippen LogP contribution in [0.25, 0.3) is 0 Å². The summed E-state index contributed by atoms with van der Waals surface area (Å²) in [6.45, 7) is -0.0266. The molecule has 0 spiro atoms. The van der Waals surface area contributed by atoms with E-state index in [-0.39, 0.29) is 19.1 Å². The first-order chi connectivity index (χ1) is 7.03. The van der Waals surface area contributed by atoms with Gasteiger partial charge in [-0.05, 0) is 27.6 Å². The number of aliphatic hydroxyl groups is 1. The minimum absolute atomic E-state index is 0.0266. The first-order valence-corrected chi connectivity index (χ1v) is 4.91. The fourth-order valence-electron chi connectivity index (χ4n) is 1.51. The number of hydrogen-bond donors (Lipinski definition) is 5. The van der Waals surface area contributed by atoms with E-state index in [2.05, 4.69) is 16.0 Å². The van der Waals surface area contributed by atoms with Gasteiger partial charge >= 0.3 is 5.97 Å². The summed E-state index contributed by atoms with van der Waals surface area (Å²) in [5.74, 6) is -0.883. The highest BCUT2D eigenvalue weighted by Gasteiger charge is 2.31. The lowest BCUT2D eigenvalue weighted by atomic mass is 9.97. The molecule has 15 heavy (non-hydrogen) atoms. The quantitative estimate of drug-likeness (QED) is 0.321. The zero-order chi connectivity index (χ0) is 11.9. The average molecular weight is 219 g/mol. The molecule has 0 bridgehead atoms. The Morgan fingerprint density at radius 3 is 2.13 bits per heavy atom. The number of carbonyl (C=O) groups is 1. The van der Waals surface area contributed by atoms with Crippen molar-refractivity contribution in [2.45, 2.75) is 24.5 Å². The molecular formula is C9H21N3O3. The number of likely N-dealkylation sites (N-methyl/N-ethyl adjacent to an activating group) is 1. The van der Waals surface area contributed by atoms with E-state index in [1.165, 1.54) is 0 Å². The van der Waals surface area contributed by atoms with Crippen LogP contribution in [0.1, 0.15) is 12.8 Å². The van der Waals surface area contributed by atoms with Gasteiger partial charge in [-0.2, -0.15) is 0 Å². The Morgan fingerprint density at radius 2 is 1.87 bits per heavy atom. The molecule has 0 aromatic heterocycles. The van der Waals surface area contributed by atoms with Gasteiger partial charge in [0.15, 0.2) is 0 Å². The highest BCUT2D eigenvalue weighted by Crippen LogP contribution is 2.13. The van der Waals surface area contributed by atoms with Crippen molar-refractivity contribution in [2.24, 2.45) is 0 Å². The maximum absolute atomic E-state index is 10.7. The van der Waals surface area contributed by atoms with Gasteiger partial charge in [0.05, 0.1) is 18.7 Å². The van der Waals surface area contributed by atoms with Crippen LogP contribution in [-0.4, -0.2) is 55.6 Å². The molecule has 0 aromatic rings. The summed E-state index contributed by atoms with van der Waals surface area (Å²) in [5, 5.41) is 26.7. The van der Waals surface area contributed by atoms with Crippen LogP contribution in [-0.2, 0) is 4.79 Å². The predicted molar refractivity (Wildman–Crippen MR) is 57.7 cm³/mol. The topological polar surface area (TPSA) is 93.6 Å².